The van der Waals surface area contributed by atoms with Crippen molar-refractivity contribution in [3.05, 3.63) is 59.0 Å². The van der Waals surface area contributed by atoms with Gasteiger partial charge in [0.1, 0.15) is 10.1 Å². The Morgan fingerprint density at radius 2 is 2.04 bits per heavy atom. The number of thioether (sulfide) groups is 1. The molecular formula is C17H13NO2S3. The van der Waals surface area contributed by atoms with Gasteiger partial charge in [-0.25, -0.2) is 0 Å². The lowest BCUT2D eigenvalue weighted by Gasteiger charge is -2.07. The van der Waals surface area contributed by atoms with Gasteiger partial charge in [-0.2, -0.15) is 0 Å². The van der Waals surface area contributed by atoms with E-state index in [0.717, 1.165) is 21.1 Å². The maximum atomic E-state index is 11.8. The molecule has 116 valence electrons. The molecule has 0 radical (unpaired) electrons. The highest BCUT2D eigenvalue weighted by Crippen LogP contribution is 2.35. The van der Waals surface area contributed by atoms with Crippen LogP contribution >= 0.6 is 35.7 Å². The summed E-state index contributed by atoms with van der Waals surface area (Å²) in [5.74, 6) is 0.683. The van der Waals surface area contributed by atoms with Crippen molar-refractivity contribution in [2.45, 2.75) is 9.79 Å². The summed E-state index contributed by atoms with van der Waals surface area (Å²) in [7, 11) is 1.65. The molecule has 0 bridgehead atoms. The zero-order valence-electron chi connectivity index (χ0n) is 12.2. The molecular weight excluding hydrogens is 346 g/mol. The molecule has 0 atom stereocenters. The first-order valence-corrected chi connectivity index (χ1v) is 8.85. The number of carbonyl (C=O) groups excluding carboxylic acids is 1. The molecule has 3 rings (SSSR count). The van der Waals surface area contributed by atoms with E-state index < -0.39 is 0 Å². The summed E-state index contributed by atoms with van der Waals surface area (Å²) in [6.07, 6.45) is 1.88. The fraction of sp³-hybridized carbons (Fsp3) is 0.0588. The van der Waals surface area contributed by atoms with Gasteiger partial charge in [-0.15, -0.1) is 0 Å². The molecule has 3 nitrogen and oxygen atoms in total. The van der Waals surface area contributed by atoms with Gasteiger partial charge < -0.3 is 10.1 Å². The summed E-state index contributed by atoms with van der Waals surface area (Å²) in [6, 6.07) is 15.9. The van der Waals surface area contributed by atoms with Gasteiger partial charge in [-0.3, -0.25) is 4.79 Å². The van der Waals surface area contributed by atoms with Crippen LogP contribution in [0.5, 0.6) is 5.75 Å². The second-order valence-corrected chi connectivity index (χ2v) is 7.51. The van der Waals surface area contributed by atoms with E-state index in [2.05, 4.69) is 5.32 Å². The molecule has 6 heteroatoms. The van der Waals surface area contributed by atoms with Crippen LogP contribution in [0.1, 0.15) is 5.56 Å². The Hall–Kier alpha value is -1.76. The molecule has 1 heterocycles. The summed E-state index contributed by atoms with van der Waals surface area (Å²) in [6.45, 7) is 0. The monoisotopic (exact) mass is 359 g/mol. The van der Waals surface area contributed by atoms with E-state index in [9.17, 15) is 4.79 Å². The molecule has 1 aliphatic heterocycles. The third kappa shape index (κ3) is 3.96. The van der Waals surface area contributed by atoms with Crippen molar-refractivity contribution in [3.8, 4) is 5.75 Å². The molecule has 2 aromatic carbocycles. The van der Waals surface area contributed by atoms with E-state index in [0.29, 0.717) is 9.23 Å². The molecule has 1 N–H and O–H groups in total. The number of nitrogens with one attached hydrogen (secondary N) is 1. The molecule has 23 heavy (non-hydrogen) atoms. The molecule has 1 saturated heterocycles. The standard InChI is InChI=1S/C17H13NO2S3/c1-20-12-6-4-7-13(10-12)22-14-8-3-2-5-11(14)9-15-16(19)18-17(21)23-15/h2-10H,1H3,(H,18,19,21). The normalized spacial score (nSPS) is 15.8. The van der Waals surface area contributed by atoms with E-state index in [1.807, 2.05) is 54.6 Å². The molecule has 0 saturated carbocycles. The van der Waals surface area contributed by atoms with E-state index in [1.54, 1.807) is 18.9 Å². The minimum Gasteiger partial charge on any atom is -0.497 e. The van der Waals surface area contributed by atoms with Crippen LogP contribution in [-0.2, 0) is 4.79 Å². The van der Waals surface area contributed by atoms with Crippen molar-refractivity contribution in [2.24, 2.45) is 0 Å². The largest absolute Gasteiger partial charge is 0.497 e. The number of benzene rings is 2. The second-order valence-electron chi connectivity index (χ2n) is 4.67. The fourth-order valence-electron chi connectivity index (χ4n) is 2.05. The molecule has 1 aliphatic rings. The predicted octanol–water partition coefficient (Wildman–Crippen LogP) is 4.34. The summed E-state index contributed by atoms with van der Waals surface area (Å²) in [5.41, 5.74) is 0.989. The SMILES string of the molecule is COc1cccc(Sc2ccccc2C=C2SC(=S)NC2=O)c1. The Morgan fingerprint density at radius 1 is 1.22 bits per heavy atom. The van der Waals surface area contributed by atoms with E-state index in [1.165, 1.54) is 11.8 Å². The van der Waals surface area contributed by atoms with Gasteiger partial charge >= 0.3 is 0 Å². The summed E-state index contributed by atoms with van der Waals surface area (Å²) < 4.78 is 5.76. The fourth-order valence-corrected chi connectivity index (χ4v) is 4.05. The molecule has 0 unspecified atom stereocenters. The lowest BCUT2D eigenvalue weighted by Crippen LogP contribution is -2.17. The zero-order chi connectivity index (χ0) is 16.2. The van der Waals surface area contributed by atoms with Gasteiger partial charge in [0.15, 0.2) is 0 Å². The third-order valence-electron chi connectivity index (χ3n) is 3.12. The number of ether oxygens (including phenoxy) is 1. The smallest absolute Gasteiger partial charge is 0.263 e. The van der Waals surface area contributed by atoms with Crippen LogP contribution in [0.3, 0.4) is 0 Å². The van der Waals surface area contributed by atoms with Gasteiger partial charge in [0.25, 0.3) is 5.91 Å². The predicted molar refractivity (Wildman–Crippen MR) is 99.9 cm³/mol. The van der Waals surface area contributed by atoms with E-state index in [-0.39, 0.29) is 5.91 Å². The van der Waals surface area contributed by atoms with Crippen LogP contribution in [-0.4, -0.2) is 17.3 Å². The Labute approximate surface area is 148 Å². The number of hydrogen-bond donors (Lipinski definition) is 1. The number of amides is 1. The number of methoxy groups -OCH3 is 1. The van der Waals surface area contributed by atoms with Gasteiger partial charge in [-0.1, -0.05) is 60.0 Å². The Morgan fingerprint density at radius 3 is 2.78 bits per heavy atom. The van der Waals surface area contributed by atoms with Crippen molar-refractivity contribution in [1.82, 2.24) is 5.32 Å². The Bertz CT molecular complexity index is 802. The topological polar surface area (TPSA) is 38.3 Å². The molecule has 0 spiro atoms. The third-order valence-corrected chi connectivity index (χ3v) is 5.36. The van der Waals surface area contributed by atoms with Crippen LogP contribution in [0.4, 0.5) is 0 Å². The zero-order valence-corrected chi connectivity index (χ0v) is 14.7. The van der Waals surface area contributed by atoms with Gasteiger partial charge in [-0.05, 0) is 35.9 Å². The first kappa shape index (κ1) is 16.1. The number of thiocarbonyl (C=S) groups is 1. The minimum absolute atomic E-state index is 0.138. The summed E-state index contributed by atoms with van der Waals surface area (Å²) in [5, 5.41) is 2.64. The minimum atomic E-state index is -0.138. The van der Waals surface area contributed by atoms with Crippen molar-refractivity contribution < 1.29 is 9.53 Å². The highest BCUT2D eigenvalue weighted by atomic mass is 32.2. The Balaban J connectivity index is 1.90. The number of carbonyl (C=O) groups is 1. The van der Waals surface area contributed by atoms with Gasteiger partial charge in [0.05, 0.1) is 12.0 Å². The maximum absolute atomic E-state index is 11.8. The first-order chi connectivity index (χ1) is 11.2. The lowest BCUT2D eigenvalue weighted by molar-refractivity contribution is -0.115. The Kier molecular flexibility index (Phi) is 5.05. The van der Waals surface area contributed by atoms with Gasteiger partial charge in [0, 0.05) is 9.79 Å². The van der Waals surface area contributed by atoms with E-state index in [4.69, 9.17) is 17.0 Å². The molecule has 1 amide bonds. The van der Waals surface area contributed by atoms with Crippen molar-refractivity contribution >= 4 is 52.0 Å². The summed E-state index contributed by atoms with van der Waals surface area (Å²) in [4.78, 5) is 14.6. The van der Waals surface area contributed by atoms with Crippen molar-refractivity contribution in [1.29, 1.82) is 0 Å². The first-order valence-electron chi connectivity index (χ1n) is 6.81. The van der Waals surface area contributed by atoms with Crippen LogP contribution in [0.15, 0.2) is 63.2 Å². The van der Waals surface area contributed by atoms with Crippen LogP contribution in [0.25, 0.3) is 6.08 Å². The van der Waals surface area contributed by atoms with E-state index >= 15 is 0 Å². The molecule has 1 fully saturated rings. The number of rotatable bonds is 4. The molecule has 0 aliphatic carbocycles. The van der Waals surface area contributed by atoms with Crippen LogP contribution < -0.4 is 10.1 Å². The van der Waals surface area contributed by atoms with Crippen LogP contribution in [0.2, 0.25) is 0 Å². The highest BCUT2D eigenvalue weighted by molar-refractivity contribution is 8.26. The molecule has 0 aromatic heterocycles. The quantitative estimate of drug-likeness (QED) is 0.649. The second kappa shape index (κ2) is 7.21. The van der Waals surface area contributed by atoms with Crippen molar-refractivity contribution in [3.63, 3.8) is 0 Å². The average Bonchev–Trinajstić information content (AvgIpc) is 2.87. The maximum Gasteiger partial charge on any atom is 0.263 e. The number of hydrogen-bond acceptors (Lipinski definition) is 5. The van der Waals surface area contributed by atoms with Gasteiger partial charge in [0.2, 0.25) is 0 Å². The lowest BCUT2D eigenvalue weighted by atomic mass is 10.2. The molecule has 2 aromatic rings. The van der Waals surface area contributed by atoms with Crippen LogP contribution in [0, 0.1) is 0 Å². The summed E-state index contributed by atoms with van der Waals surface area (Å²) >= 11 is 7.95. The highest BCUT2D eigenvalue weighted by Gasteiger charge is 2.22. The van der Waals surface area contributed by atoms with Crippen molar-refractivity contribution in [2.75, 3.05) is 7.11 Å². The average molecular weight is 359 g/mol.